The predicted octanol–water partition coefficient (Wildman–Crippen LogP) is 3.79. The number of methoxy groups -OCH3 is 1. The van der Waals surface area contributed by atoms with Gasteiger partial charge in [0.2, 0.25) is 0 Å². The Kier molecular flexibility index (Phi) is 6.69. The van der Waals surface area contributed by atoms with Gasteiger partial charge in [-0.3, -0.25) is 4.90 Å². The van der Waals surface area contributed by atoms with Crippen LogP contribution in [0.4, 0.5) is 0 Å². The fourth-order valence-corrected chi connectivity index (χ4v) is 3.46. The lowest BCUT2D eigenvalue weighted by Gasteiger charge is -2.45. The quantitative estimate of drug-likeness (QED) is 0.794. The van der Waals surface area contributed by atoms with Crippen LogP contribution in [0.25, 0.3) is 0 Å². The lowest BCUT2D eigenvalue weighted by Crippen LogP contribution is -2.57. The Labute approximate surface area is 139 Å². The van der Waals surface area contributed by atoms with Crippen LogP contribution in [-0.2, 0) is 15.9 Å². The molecule has 4 heteroatoms. The maximum Gasteiger partial charge on any atom is 0.0698 e. The van der Waals surface area contributed by atoms with E-state index in [4.69, 9.17) is 21.1 Å². The Balaban J connectivity index is 2.13. The Bertz CT molecular complexity index is 451. The summed E-state index contributed by atoms with van der Waals surface area (Å²) < 4.78 is 11.5. The molecule has 2 rings (SSSR count). The van der Waals surface area contributed by atoms with E-state index in [0.717, 1.165) is 31.0 Å². The zero-order valence-electron chi connectivity index (χ0n) is 14.1. The molecule has 0 N–H and O–H groups in total. The summed E-state index contributed by atoms with van der Waals surface area (Å²) in [5.41, 5.74) is 1.30. The molecule has 0 radical (unpaired) electrons. The van der Waals surface area contributed by atoms with Crippen LogP contribution in [0, 0.1) is 0 Å². The fraction of sp³-hybridized carbons (Fsp3) is 0.667. The molecule has 0 aromatic heterocycles. The second kappa shape index (κ2) is 8.30. The molecule has 22 heavy (non-hydrogen) atoms. The van der Waals surface area contributed by atoms with Gasteiger partial charge in [-0.05, 0) is 44.4 Å². The van der Waals surface area contributed by atoms with E-state index >= 15 is 0 Å². The number of nitrogens with zero attached hydrogens (tertiary/aromatic N) is 1. The van der Waals surface area contributed by atoms with Gasteiger partial charge in [0.1, 0.15) is 0 Å². The second-order valence-corrected chi connectivity index (χ2v) is 6.68. The number of rotatable bonds is 6. The molecule has 4 atom stereocenters. The van der Waals surface area contributed by atoms with Crippen LogP contribution >= 0.6 is 11.6 Å². The highest BCUT2D eigenvalue weighted by Crippen LogP contribution is 2.23. The van der Waals surface area contributed by atoms with Gasteiger partial charge in [0.25, 0.3) is 0 Å². The first-order chi connectivity index (χ1) is 10.5. The van der Waals surface area contributed by atoms with E-state index in [1.807, 2.05) is 12.1 Å². The third-order valence-corrected chi connectivity index (χ3v) is 4.90. The minimum atomic E-state index is 0.225. The molecule has 1 fully saturated rings. The van der Waals surface area contributed by atoms with Crippen LogP contribution in [0.3, 0.4) is 0 Å². The average Bonchev–Trinajstić information content (AvgIpc) is 2.52. The molecule has 1 aromatic rings. The third kappa shape index (κ3) is 4.45. The van der Waals surface area contributed by atoms with E-state index in [0.29, 0.717) is 12.1 Å². The standard InChI is InChI=1S/C18H28ClNO2/c1-5-18(14(3)21-4)20-11-13(2)22-12-17(20)10-15-6-8-16(19)9-7-15/h6-9,13-14,17-18H,5,10-12H2,1-4H3/t13-,14-,17?,18?/m0/s1. The normalized spacial score (nSPS) is 25.9. The van der Waals surface area contributed by atoms with Crippen molar-refractivity contribution in [2.75, 3.05) is 20.3 Å². The van der Waals surface area contributed by atoms with E-state index < -0.39 is 0 Å². The Morgan fingerprint density at radius 2 is 2.05 bits per heavy atom. The minimum Gasteiger partial charge on any atom is -0.380 e. The highest BCUT2D eigenvalue weighted by molar-refractivity contribution is 6.30. The van der Waals surface area contributed by atoms with E-state index in [2.05, 4.69) is 37.8 Å². The lowest BCUT2D eigenvalue weighted by molar-refractivity contribution is -0.0951. The van der Waals surface area contributed by atoms with Gasteiger partial charge in [-0.2, -0.15) is 0 Å². The number of ether oxygens (including phenoxy) is 2. The van der Waals surface area contributed by atoms with Crippen molar-refractivity contribution in [2.45, 2.75) is 57.9 Å². The lowest BCUT2D eigenvalue weighted by atomic mass is 9.98. The molecule has 0 saturated carbocycles. The molecule has 124 valence electrons. The number of hydrogen-bond donors (Lipinski definition) is 0. The number of benzene rings is 1. The molecular weight excluding hydrogens is 298 g/mol. The molecule has 0 bridgehead atoms. The summed E-state index contributed by atoms with van der Waals surface area (Å²) >= 11 is 5.98. The molecule has 1 aromatic carbocycles. The van der Waals surface area contributed by atoms with Crippen molar-refractivity contribution in [1.82, 2.24) is 4.90 Å². The molecule has 1 aliphatic heterocycles. The first kappa shape index (κ1) is 17.7. The van der Waals surface area contributed by atoms with E-state index in [1.165, 1.54) is 5.56 Å². The van der Waals surface area contributed by atoms with Gasteiger partial charge >= 0.3 is 0 Å². The molecule has 0 amide bonds. The highest BCUT2D eigenvalue weighted by Gasteiger charge is 2.34. The summed E-state index contributed by atoms with van der Waals surface area (Å²) in [7, 11) is 1.80. The average molecular weight is 326 g/mol. The Morgan fingerprint density at radius 1 is 1.36 bits per heavy atom. The van der Waals surface area contributed by atoms with Gasteiger partial charge in [-0.15, -0.1) is 0 Å². The molecular formula is C18H28ClNO2. The van der Waals surface area contributed by atoms with Crippen LogP contribution in [0.15, 0.2) is 24.3 Å². The maximum atomic E-state index is 5.98. The van der Waals surface area contributed by atoms with E-state index in [-0.39, 0.29) is 12.2 Å². The van der Waals surface area contributed by atoms with Crippen LogP contribution in [-0.4, -0.2) is 49.5 Å². The Morgan fingerprint density at radius 3 is 2.64 bits per heavy atom. The van der Waals surface area contributed by atoms with Crippen molar-refractivity contribution < 1.29 is 9.47 Å². The molecule has 3 nitrogen and oxygen atoms in total. The van der Waals surface area contributed by atoms with E-state index in [9.17, 15) is 0 Å². The van der Waals surface area contributed by atoms with Crippen molar-refractivity contribution in [1.29, 1.82) is 0 Å². The van der Waals surface area contributed by atoms with Crippen molar-refractivity contribution in [3.63, 3.8) is 0 Å². The van der Waals surface area contributed by atoms with Gasteiger partial charge in [0.05, 0.1) is 18.8 Å². The molecule has 1 saturated heterocycles. The Hall–Kier alpha value is -0.610. The van der Waals surface area contributed by atoms with E-state index in [1.54, 1.807) is 7.11 Å². The summed E-state index contributed by atoms with van der Waals surface area (Å²) in [6, 6.07) is 8.96. The zero-order chi connectivity index (χ0) is 16.1. The zero-order valence-corrected chi connectivity index (χ0v) is 14.8. The van der Waals surface area contributed by atoms with Gasteiger partial charge in [0, 0.05) is 30.8 Å². The predicted molar refractivity (Wildman–Crippen MR) is 91.6 cm³/mol. The summed E-state index contributed by atoms with van der Waals surface area (Å²) in [5.74, 6) is 0. The second-order valence-electron chi connectivity index (χ2n) is 6.24. The molecule has 1 aliphatic rings. The summed E-state index contributed by atoms with van der Waals surface area (Å²) in [4.78, 5) is 2.58. The smallest absolute Gasteiger partial charge is 0.0698 e. The van der Waals surface area contributed by atoms with Crippen LogP contribution in [0.1, 0.15) is 32.8 Å². The highest BCUT2D eigenvalue weighted by atomic mass is 35.5. The van der Waals surface area contributed by atoms with Crippen molar-refractivity contribution in [3.05, 3.63) is 34.9 Å². The monoisotopic (exact) mass is 325 g/mol. The topological polar surface area (TPSA) is 21.7 Å². The van der Waals surface area contributed by atoms with Crippen LogP contribution < -0.4 is 0 Å². The number of hydrogen-bond acceptors (Lipinski definition) is 3. The molecule has 0 spiro atoms. The summed E-state index contributed by atoms with van der Waals surface area (Å²) in [5, 5.41) is 0.786. The first-order valence-electron chi connectivity index (χ1n) is 8.19. The van der Waals surface area contributed by atoms with Gasteiger partial charge in [-0.25, -0.2) is 0 Å². The summed E-state index contributed by atoms with van der Waals surface area (Å²) in [6.07, 6.45) is 2.57. The maximum absolute atomic E-state index is 5.98. The van der Waals surface area contributed by atoms with Crippen molar-refractivity contribution in [3.8, 4) is 0 Å². The third-order valence-electron chi connectivity index (χ3n) is 4.65. The summed E-state index contributed by atoms with van der Waals surface area (Å²) in [6.45, 7) is 8.28. The van der Waals surface area contributed by atoms with Crippen molar-refractivity contribution >= 4 is 11.6 Å². The fourth-order valence-electron chi connectivity index (χ4n) is 3.34. The number of morpholine rings is 1. The SMILES string of the molecule is CCC([C@H](C)OC)N1C[C@H](C)OCC1Cc1ccc(Cl)cc1. The minimum absolute atomic E-state index is 0.225. The van der Waals surface area contributed by atoms with Crippen molar-refractivity contribution in [2.24, 2.45) is 0 Å². The molecule has 0 aliphatic carbocycles. The largest absolute Gasteiger partial charge is 0.380 e. The van der Waals surface area contributed by atoms with Gasteiger partial charge < -0.3 is 9.47 Å². The molecule has 1 heterocycles. The van der Waals surface area contributed by atoms with Crippen LogP contribution in [0.2, 0.25) is 5.02 Å². The van der Waals surface area contributed by atoms with Crippen LogP contribution in [0.5, 0.6) is 0 Å². The molecule has 2 unspecified atom stereocenters. The van der Waals surface area contributed by atoms with Gasteiger partial charge in [-0.1, -0.05) is 30.7 Å². The number of halogens is 1. The van der Waals surface area contributed by atoms with Gasteiger partial charge in [0.15, 0.2) is 0 Å². The first-order valence-corrected chi connectivity index (χ1v) is 8.57.